The molecule has 5 nitrogen and oxygen atoms in total. The van der Waals surface area contributed by atoms with E-state index in [1.165, 1.54) is 0 Å². The van der Waals surface area contributed by atoms with Crippen LogP contribution in [0.2, 0.25) is 0 Å². The van der Waals surface area contributed by atoms with Crippen molar-refractivity contribution < 1.29 is 17.9 Å². The van der Waals surface area contributed by atoms with Crippen LogP contribution in [-0.4, -0.2) is 25.1 Å². The molecule has 0 saturated carbocycles. The van der Waals surface area contributed by atoms with Crippen molar-refractivity contribution in [1.82, 2.24) is 15.6 Å². The van der Waals surface area contributed by atoms with Gasteiger partial charge in [0.25, 0.3) is 0 Å². The van der Waals surface area contributed by atoms with Crippen LogP contribution in [0.1, 0.15) is 21.8 Å². The Morgan fingerprint density at radius 3 is 2.50 bits per heavy atom. The second kappa shape index (κ2) is 9.95. The van der Waals surface area contributed by atoms with Gasteiger partial charge in [0.15, 0.2) is 11.7 Å². The number of guanidine groups is 1. The first-order chi connectivity index (χ1) is 11.8. The molecule has 2 rings (SSSR count). The molecule has 0 bridgehead atoms. The van der Waals surface area contributed by atoms with Crippen LogP contribution in [0.3, 0.4) is 0 Å². The second-order valence-corrected chi connectivity index (χ2v) is 6.15. The van der Waals surface area contributed by atoms with Gasteiger partial charge in [-0.1, -0.05) is 12.1 Å². The molecular formula is C16H20F3IN4OS. The summed E-state index contributed by atoms with van der Waals surface area (Å²) in [6.07, 6.45) is -4.42. The summed E-state index contributed by atoms with van der Waals surface area (Å²) in [7, 11) is 3.21. The van der Waals surface area contributed by atoms with Crippen molar-refractivity contribution in [2.24, 2.45) is 4.99 Å². The standard InChI is InChI=1S/C16H19F3N4OS.HI/c1-10-6-11(4-5-12(10)24-3)7-21-15(20-2)22-8-14-23-13(9-25-14)16(17,18)19;/h4-6,9H,7-8H2,1-3H3,(H2,20,21,22);1H. The quantitative estimate of drug-likeness (QED) is 0.371. The van der Waals surface area contributed by atoms with Crippen molar-refractivity contribution in [3.05, 3.63) is 45.4 Å². The molecule has 0 fully saturated rings. The van der Waals surface area contributed by atoms with Gasteiger partial charge in [-0.15, -0.1) is 35.3 Å². The fourth-order valence-electron chi connectivity index (χ4n) is 2.14. The fraction of sp³-hybridized carbons (Fsp3) is 0.375. The smallest absolute Gasteiger partial charge is 0.434 e. The molecular weight excluding hydrogens is 480 g/mol. The van der Waals surface area contributed by atoms with Gasteiger partial charge < -0.3 is 15.4 Å². The Hall–Kier alpha value is -1.56. The summed E-state index contributed by atoms with van der Waals surface area (Å²) in [6.45, 7) is 2.65. The molecule has 0 aliphatic carbocycles. The van der Waals surface area contributed by atoms with E-state index in [0.717, 1.165) is 33.6 Å². The first kappa shape index (κ1) is 22.5. The molecule has 144 valence electrons. The first-order valence-electron chi connectivity index (χ1n) is 7.43. The summed E-state index contributed by atoms with van der Waals surface area (Å²) >= 11 is 0.959. The number of methoxy groups -OCH3 is 1. The largest absolute Gasteiger partial charge is 0.496 e. The third kappa shape index (κ3) is 6.31. The van der Waals surface area contributed by atoms with Gasteiger partial charge in [0.05, 0.1) is 13.7 Å². The molecule has 1 aromatic carbocycles. The van der Waals surface area contributed by atoms with E-state index in [9.17, 15) is 13.2 Å². The third-order valence-electron chi connectivity index (χ3n) is 3.39. The summed E-state index contributed by atoms with van der Waals surface area (Å²) in [5.41, 5.74) is 1.19. The Balaban J connectivity index is 0.00000338. The van der Waals surface area contributed by atoms with Gasteiger partial charge >= 0.3 is 6.18 Å². The Morgan fingerprint density at radius 1 is 1.27 bits per heavy atom. The van der Waals surface area contributed by atoms with Crippen molar-refractivity contribution in [3.8, 4) is 5.75 Å². The maximum Gasteiger partial charge on any atom is 0.434 e. The zero-order valence-corrected chi connectivity index (χ0v) is 17.6. The molecule has 0 radical (unpaired) electrons. The lowest BCUT2D eigenvalue weighted by atomic mass is 10.1. The second-order valence-electron chi connectivity index (χ2n) is 5.21. The Labute approximate surface area is 171 Å². The summed E-state index contributed by atoms with van der Waals surface area (Å²) < 4.78 is 42.8. The van der Waals surface area contributed by atoms with Gasteiger partial charge in [0.2, 0.25) is 0 Å². The molecule has 0 saturated heterocycles. The van der Waals surface area contributed by atoms with Crippen LogP contribution < -0.4 is 15.4 Å². The fourth-order valence-corrected chi connectivity index (χ4v) is 2.88. The molecule has 1 heterocycles. The van der Waals surface area contributed by atoms with Gasteiger partial charge in [-0.05, 0) is 24.1 Å². The molecule has 0 amide bonds. The number of halogens is 4. The van der Waals surface area contributed by atoms with E-state index in [4.69, 9.17) is 4.74 Å². The summed E-state index contributed by atoms with van der Waals surface area (Å²) in [5.74, 6) is 1.30. The number of nitrogens with zero attached hydrogens (tertiary/aromatic N) is 2. The minimum atomic E-state index is -4.42. The number of ether oxygens (including phenoxy) is 1. The van der Waals surface area contributed by atoms with Crippen molar-refractivity contribution in [2.75, 3.05) is 14.2 Å². The maximum absolute atomic E-state index is 12.5. The molecule has 0 spiro atoms. The minimum absolute atomic E-state index is 0. The van der Waals surface area contributed by atoms with E-state index in [-0.39, 0.29) is 30.5 Å². The van der Waals surface area contributed by atoms with Crippen molar-refractivity contribution in [2.45, 2.75) is 26.2 Å². The molecule has 0 atom stereocenters. The van der Waals surface area contributed by atoms with E-state index in [1.54, 1.807) is 14.2 Å². The Bertz CT molecular complexity index is 749. The van der Waals surface area contributed by atoms with E-state index < -0.39 is 11.9 Å². The molecule has 2 N–H and O–H groups in total. The maximum atomic E-state index is 12.5. The number of hydrogen-bond donors (Lipinski definition) is 2. The highest BCUT2D eigenvalue weighted by Gasteiger charge is 2.33. The zero-order valence-electron chi connectivity index (χ0n) is 14.5. The van der Waals surface area contributed by atoms with Gasteiger partial charge in [-0.2, -0.15) is 13.2 Å². The lowest BCUT2D eigenvalue weighted by molar-refractivity contribution is -0.140. The van der Waals surface area contributed by atoms with Crippen LogP contribution in [0.15, 0.2) is 28.6 Å². The van der Waals surface area contributed by atoms with Gasteiger partial charge in [0, 0.05) is 19.0 Å². The topological polar surface area (TPSA) is 58.5 Å². The number of nitrogens with one attached hydrogen (secondary N) is 2. The van der Waals surface area contributed by atoms with Crippen LogP contribution >= 0.6 is 35.3 Å². The lowest BCUT2D eigenvalue weighted by Crippen LogP contribution is -2.36. The molecule has 10 heteroatoms. The average molecular weight is 500 g/mol. The van der Waals surface area contributed by atoms with E-state index in [2.05, 4.69) is 20.6 Å². The zero-order chi connectivity index (χ0) is 18.4. The Morgan fingerprint density at radius 2 is 1.96 bits per heavy atom. The minimum Gasteiger partial charge on any atom is -0.496 e. The summed E-state index contributed by atoms with van der Waals surface area (Å²) in [5, 5.41) is 7.41. The van der Waals surface area contributed by atoms with Gasteiger partial charge in [0.1, 0.15) is 10.8 Å². The summed E-state index contributed by atoms with van der Waals surface area (Å²) in [4.78, 5) is 7.63. The molecule has 0 aliphatic rings. The molecule has 1 aromatic heterocycles. The number of alkyl halides is 3. The van der Waals surface area contributed by atoms with E-state index in [1.807, 2.05) is 25.1 Å². The highest BCUT2D eigenvalue weighted by Crippen LogP contribution is 2.29. The van der Waals surface area contributed by atoms with Crippen LogP contribution in [0, 0.1) is 6.92 Å². The normalized spacial score (nSPS) is 11.7. The van der Waals surface area contributed by atoms with Crippen molar-refractivity contribution in [3.63, 3.8) is 0 Å². The number of hydrogen-bond acceptors (Lipinski definition) is 4. The molecule has 0 aliphatic heterocycles. The van der Waals surface area contributed by atoms with Gasteiger partial charge in [-0.3, -0.25) is 4.99 Å². The Kier molecular flexibility index (Phi) is 8.60. The van der Waals surface area contributed by atoms with Crippen molar-refractivity contribution >= 4 is 41.3 Å². The number of rotatable bonds is 5. The predicted octanol–water partition coefficient (Wildman–Crippen LogP) is 3.96. The predicted molar refractivity (Wildman–Crippen MR) is 107 cm³/mol. The molecule has 0 unspecified atom stereocenters. The number of benzene rings is 1. The number of aryl methyl sites for hydroxylation is 1. The van der Waals surface area contributed by atoms with Crippen molar-refractivity contribution in [1.29, 1.82) is 0 Å². The number of aromatic nitrogens is 1. The van der Waals surface area contributed by atoms with Crippen LogP contribution in [-0.2, 0) is 19.3 Å². The van der Waals surface area contributed by atoms with E-state index >= 15 is 0 Å². The van der Waals surface area contributed by atoms with Crippen LogP contribution in [0.25, 0.3) is 0 Å². The average Bonchev–Trinajstić information content (AvgIpc) is 3.04. The molecule has 26 heavy (non-hydrogen) atoms. The third-order valence-corrected chi connectivity index (χ3v) is 4.24. The highest BCUT2D eigenvalue weighted by molar-refractivity contribution is 14.0. The SMILES string of the molecule is CN=C(NCc1ccc(OC)c(C)c1)NCc1nc(C(F)(F)F)cs1.I. The van der Waals surface area contributed by atoms with Crippen LogP contribution in [0.5, 0.6) is 5.75 Å². The molecule has 2 aromatic rings. The highest BCUT2D eigenvalue weighted by atomic mass is 127. The summed E-state index contributed by atoms with van der Waals surface area (Å²) in [6, 6.07) is 5.81. The monoisotopic (exact) mass is 500 g/mol. The van der Waals surface area contributed by atoms with E-state index in [0.29, 0.717) is 17.5 Å². The lowest BCUT2D eigenvalue weighted by Gasteiger charge is -2.12. The van der Waals surface area contributed by atoms with Crippen LogP contribution in [0.4, 0.5) is 13.2 Å². The number of aliphatic imine (C=N–C) groups is 1. The first-order valence-corrected chi connectivity index (χ1v) is 8.31. The number of thiazole rings is 1. The van der Waals surface area contributed by atoms with Gasteiger partial charge in [-0.25, -0.2) is 4.98 Å².